The summed E-state index contributed by atoms with van der Waals surface area (Å²) in [5.41, 5.74) is 4.77. The van der Waals surface area contributed by atoms with Gasteiger partial charge in [-0.25, -0.2) is 0 Å². The molecule has 0 spiro atoms. The summed E-state index contributed by atoms with van der Waals surface area (Å²) in [6, 6.07) is 19.5. The van der Waals surface area contributed by atoms with Crippen molar-refractivity contribution in [2.75, 3.05) is 17.2 Å². The van der Waals surface area contributed by atoms with E-state index in [0.717, 1.165) is 16.7 Å². The van der Waals surface area contributed by atoms with Crippen molar-refractivity contribution >= 4 is 40.9 Å². The minimum Gasteiger partial charge on any atom is -0.483 e. The molecule has 3 aromatic carbocycles. The van der Waals surface area contributed by atoms with Crippen molar-refractivity contribution in [3.05, 3.63) is 93.5 Å². The van der Waals surface area contributed by atoms with Crippen LogP contribution in [0.2, 0.25) is 5.02 Å². The molecule has 0 aromatic heterocycles. The zero-order chi connectivity index (χ0) is 24.7. The van der Waals surface area contributed by atoms with Crippen LogP contribution in [0, 0.1) is 32.1 Å². The molecule has 2 N–H and O–H groups in total. The maximum Gasteiger partial charge on any atom is 0.266 e. The predicted molar refractivity (Wildman–Crippen MR) is 135 cm³/mol. The van der Waals surface area contributed by atoms with E-state index in [9.17, 15) is 14.9 Å². The molecular formula is C27H24ClN3O3. The van der Waals surface area contributed by atoms with Crippen LogP contribution in [-0.4, -0.2) is 18.4 Å². The largest absolute Gasteiger partial charge is 0.483 e. The van der Waals surface area contributed by atoms with Crippen LogP contribution in [0.1, 0.15) is 22.3 Å². The number of ether oxygens (including phenoxy) is 1. The zero-order valence-corrected chi connectivity index (χ0v) is 19.9. The molecule has 7 heteroatoms. The molecule has 34 heavy (non-hydrogen) atoms. The van der Waals surface area contributed by atoms with E-state index in [1.807, 2.05) is 57.2 Å². The molecule has 3 aromatic rings. The Bertz CT molecular complexity index is 1290. The predicted octanol–water partition coefficient (Wildman–Crippen LogP) is 5.83. The number of hydrogen-bond donors (Lipinski definition) is 2. The van der Waals surface area contributed by atoms with Gasteiger partial charge in [0.15, 0.2) is 6.61 Å². The molecular weight excluding hydrogens is 450 g/mol. The fourth-order valence-corrected chi connectivity index (χ4v) is 3.24. The van der Waals surface area contributed by atoms with Crippen LogP contribution in [-0.2, 0) is 9.59 Å². The van der Waals surface area contributed by atoms with Crippen molar-refractivity contribution in [2.45, 2.75) is 20.8 Å². The molecule has 0 saturated carbocycles. The van der Waals surface area contributed by atoms with E-state index in [1.54, 1.807) is 30.3 Å². The maximum atomic E-state index is 12.6. The normalized spacial score (nSPS) is 10.9. The molecule has 0 saturated heterocycles. The van der Waals surface area contributed by atoms with Crippen LogP contribution in [0.25, 0.3) is 6.08 Å². The lowest BCUT2D eigenvalue weighted by atomic mass is 10.1. The van der Waals surface area contributed by atoms with Crippen molar-refractivity contribution in [1.29, 1.82) is 5.26 Å². The molecule has 0 aliphatic carbocycles. The summed E-state index contributed by atoms with van der Waals surface area (Å²) in [5, 5.41) is 15.4. The number of carbonyl (C=O) groups excluding carboxylic acids is 2. The van der Waals surface area contributed by atoms with Crippen molar-refractivity contribution < 1.29 is 14.3 Å². The number of anilines is 2. The SMILES string of the molecule is Cc1ccc(NC(=O)/C(C#N)=C\c2cc(Cl)ccc2OCC(=O)Nc2ccc(C)c(C)c2)cc1. The molecule has 0 aliphatic rings. The summed E-state index contributed by atoms with van der Waals surface area (Å²) >= 11 is 6.12. The molecule has 0 aliphatic heterocycles. The number of benzene rings is 3. The van der Waals surface area contributed by atoms with Crippen molar-refractivity contribution in [1.82, 2.24) is 0 Å². The number of halogens is 1. The third-order valence-electron chi connectivity index (χ3n) is 5.10. The molecule has 6 nitrogen and oxygen atoms in total. The molecule has 0 heterocycles. The number of nitrogens with one attached hydrogen (secondary N) is 2. The van der Waals surface area contributed by atoms with Gasteiger partial charge in [-0.2, -0.15) is 5.26 Å². The first kappa shape index (κ1) is 24.6. The van der Waals surface area contributed by atoms with Gasteiger partial charge in [0.1, 0.15) is 17.4 Å². The third-order valence-corrected chi connectivity index (χ3v) is 5.33. The van der Waals surface area contributed by atoms with Gasteiger partial charge < -0.3 is 15.4 Å². The second kappa shape index (κ2) is 11.2. The van der Waals surface area contributed by atoms with Gasteiger partial charge in [-0.1, -0.05) is 35.4 Å². The highest BCUT2D eigenvalue weighted by Crippen LogP contribution is 2.26. The lowest BCUT2D eigenvalue weighted by molar-refractivity contribution is -0.118. The average molecular weight is 474 g/mol. The molecule has 172 valence electrons. The summed E-state index contributed by atoms with van der Waals surface area (Å²) in [7, 11) is 0. The molecule has 0 fully saturated rings. The molecule has 0 radical (unpaired) electrons. The molecule has 0 atom stereocenters. The van der Waals surface area contributed by atoms with Gasteiger partial charge in [-0.3, -0.25) is 9.59 Å². The highest BCUT2D eigenvalue weighted by atomic mass is 35.5. The first-order valence-corrected chi connectivity index (χ1v) is 10.9. The maximum absolute atomic E-state index is 12.6. The number of hydrogen-bond acceptors (Lipinski definition) is 4. The Morgan fingerprint density at radius 1 is 0.941 bits per heavy atom. The second-order valence-electron chi connectivity index (χ2n) is 7.81. The van der Waals surface area contributed by atoms with E-state index in [-0.39, 0.29) is 18.1 Å². The van der Waals surface area contributed by atoms with Gasteiger partial charge in [0.25, 0.3) is 11.8 Å². The van der Waals surface area contributed by atoms with E-state index >= 15 is 0 Å². The lowest BCUT2D eigenvalue weighted by Gasteiger charge is -2.12. The molecule has 0 unspecified atom stereocenters. The summed E-state index contributed by atoms with van der Waals surface area (Å²) < 4.78 is 5.68. The fourth-order valence-electron chi connectivity index (χ4n) is 3.06. The minimum atomic E-state index is -0.565. The smallest absolute Gasteiger partial charge is 0.266 e. The Morgan fingerprint density at radius 3 is 2.32 bits per heavy atom. The number of aryl methyl sites for hydroxylation is 3. The van der Waals surface area contributed by atoms with Gasteiger partial charge in [-0.05, 0) is 80.4 Å². The summed E-state index contributed by atoms with van der Waals surface area (Å²) in [5.74, 6) is -0.592. The Balaban J connectivity index is 1.73. The van der Waals surface area contributed by atoms with Crippen LogP contribution in [0.5, 0.6) is 5.75 Å². The van der Waals surface area contributed by atoms with E-state index in [4.69, 9.17) is 16.3 Å². The van der Waals surface area contributed by atoms with Gasteiger partial charge in [0.05, 0.1) is 0 Å². The van der Waals surface area contributed by atoms with Gasteiger partial charge in [0.2, 0.25) is 0 Å². The van der Waals surface area contributed by atoms with Crippen molar-refractivity contribution in [2.24, 2.45) is 0 Å². The van der Waals surface area contributed by atoms with Gasteiger partial charge in [0, 0.05) is 22.0 Å². The first-order chi connectivity index (χ1) is 16.2. The quantitative estimate of drug-likeness (QED) is 0.333. The number of rotatable bonds is 7. The standard InChI is InChI=1S/C27H24ClN3O3/c1-17-4-8-23(9-5-17)31-27(33)21(15-29)13-20-14-22(28)7-11-25(20)34-16-26(32)30-24-10-6-18(2)19(3)12-24/h4-14H,16H2,1-3H3,(H,30,32)(H,31,33)/b21-13-. The number of nitrogens with zero attached hydrogens (tertiary/aromatic N) is 1. The monoisotopic (exact) mass is 473 g/mol. The highest BCUT2D eigenvalue weighted by Gasteiger charge is 2.13. The first-order valence-electron chi connectivity index (χ1n) is 10.5. The van der Waals surface area contributed by atoms with E-state index < -0.39 is 5.91 Å². The van der Waals surface area contributed by atoms with Crippen molar-refractivity contribution in [3.8, 4) is 11.8 Å². The van der Waals surface area contributed by atoms with Crippen LogP contribution < -0.4 is 15.4 Å². The second-order valence-corrected chi connectivity index (χ2v) is 8.24. The van der Waals surface area contributed by atoms with Crippen LogP contribution in [0.3, 0.4) is 0 Å². The van der Waals surface area contributed by atoms with Crippen LogP contribution >= 0.6 is 11.6 Å². The Hall–Kier alpha value is -4.08. The van der Waals surface area contributed by atoms with Gasteiger partial charge >= 0.3 is 0 Å². The topological polar surface area (TPSA) is 91.2 Å². The Labute approximate surface area is 203 Å². The third kappa shape index (κ3) is 6.71. The Kier molecular flexibility index (Phi) is 8.07. The average Bonchev–Trinajstić information content (AvgIpc) is 2.80. The summed E-state index contributed by atoms with van der Waals surface area (Å²) in [4.78, 5) is 25.0. The van der Waals surface area contributed by atoms with Crippen molar-refractivity contribution in [3.63, 3.8) is 0 Å². The molecule has 0 bridgehead atoms. The lowest BCUT2D eigenvalue weighted by Crippen LogP contribution is -2.20. The Morgan fingerprint density at radius 2 is 1.65 bits per heavy atom. The van der Waals surface area contributed by atoms with E-state index in [2.05, 4.69) is 10.6 Å². The fraction of sp³-hybridized carbons (Fsp3) is 0.148. The van der Waals surface area contributed by atoms with Crippen LogP contribution in [0.15, 0.2) is 66.2 Å². The van der Waals surface area contributed by atoms with E-state index in [0.29, 0.717) is 27.7 Å². The minimum absolute atomic E-state index is 0.132. The highest BCUT2D eigenvalue weighted by molar-refractivity contribution is 6.30. The molecule has 2 amide bonds. The molecule has 3 rings (SSSR count). The number of nitriles is 1. The number of carbonyl (C=O) groups is 2. The van der Waals surface area contributed by atoms with Crippen LogP contribution in [0.4, 0.5) is 11.4 Å². The number of amides is 2. The summed E-state index contributed by atoms with van der Waals surface area (Å²) in [6.45, 7) is 5.65. The van der Waals surface area contributed by atoms with E-state index in [1.165, 1.54) is 6.08 Å². The summed E-state index contributed by atoms with van der Waals surface area (Å²) in [6.07, 6.45) is 1.38. The zero-order valence-electron chi connectivity index (χ0n) is 19.1. The van der Waals surface area contributed by atoms with Gasteiger partial charge in [-0.15, -0.1) is 0 Å².